The summed E-state index contributed by atoms with van der Waals surface area (Å²) in [7, 11) is 0. The van der Waals surface area contributed by atoms with Gasteiger partial charge >= 0.3 is 0 Å². The third-order valence-corrected chi connectivity index (χ3v) is 2.67. The summed E-state index contributed by atoms with van der Waals surface area (Å²) >= 11 is 0. The van der Waals surface area contributed by atoms with E-state index >= 15 is 0 Å². The van der Waals surface area contributed by atoms with E-state index in [1.165, 1.54) is 0 Å². The van der Waals surface area contributed by atoms with Crippen molar-refractivity contribution in [3.05, 3.63) is 41.5 Å². The van der Waals surface area contributed by atoms with Crippen LogP contribution in [0.4, 0.5) is 0 Å². The molecule has 1 atom stereocenters. The molecular weight excluding hydrogens is 174 g/mol. The van der Waals surface area contributed by atoms with Crippen LogP contribution in [-0.4, -0.2) is 11.2 Å². The average Bonchev–Trinajstić information content (AvgIpc) is 2.23. The summed E-state index contributed by atoms with van der Waals surface area (Å²) in [6, 6.07) is 7.63. The Kier molecular flexibility index (Phi) is 2.11. The van der Waals surface area contributed by atoms with Gasteiger partial charge in [0.25, 0.3) is 0 Å². The standard InChI is InChI=1S/C12H11NO/c1-8-11-4-2-9(7-13)6-10(11)3-5-12(8)14/h2,4,6,12,14H,1,3,5H2. The smallest absolute Gasteiger partial charge is 0.0991 e. The molecule has 0 spiro atoms. The van der Waals surface area contributed by atoms with E-state index in [1.807, 2.05) is 12.1 Å². The summed E-state index contributed by atoms with van der Waals surface area (Å²) in [6.07, 6.45) is 1.11. The molecule has 0 saturated carbocycles. The van der Waals surface area contributed by atoms with Crippen molar-refractivity contribution in [3.8, 4) is 6.07 Å². The highest BCUT2D eigenvalue weighted by Crippen LogP contribution is 2.30. The molecule has 2 nitrogen and oxygen atoms in total. The van der Waals surface area contributed by atoms with Crippen molar-refractivity contribution in [2.45, 2.75) is 18.9 Å². The number of nitrogens with zero attached hydrogens (tertiary/aromatic N) is 1. The lowest BCUT2D eigenvalue weighted by Gasteiger charge is -2.23. The molecule has 0 amide bonds. The molecule has 14 heavy (non-hydrogen) atoms. The van der Waals surface area contributed by atoms with E-state index in [-0.39, 0.29) is 0 Å². The molecule has 1 N–H and O–H groups in total. The summed E-state index contributed by atoms with van der Waals surface area (Å²) in [5.74, 6) is 0. The summed E-state index contributed by atoms with van der Waals surface area (Å²) in [5, 5.41) is 18.3. The van der Waals surface area contributed by atoms with Gasteiger partial charge in [-0.3, -0.25) is 0 Å². The fourth-order valence-electron chi connectivity index (χ4n) is 1.83. The van der Waals surface area contributed by atoms with Crippen LogP contribution >= 0.6 is 0 Å². The van der Waals surface area contributed by atoms with Crippen molar-refractivity contribution < 1.29 is 5.11 Å². The molecule has 2 heteroatoms. The van der Waals surface area contributed by atoms with Gasteiger partial charge in [-0.05, 0) is 41.7 Å². The molecule has 0 saturated heterocycles. The number of hydrogen-bond acceptors (Lipinski definition) is 2. The first-order valence-electron chi connectivity index (χ1n) is 4.62. The second-order valence-corrected chi connectivity index (χ2v) is 3.56. The monoisotopic (exact) mass is 185 g/mol. The quantitative estimate of drug-likeness (QED) is 0.670. The average molecular weight is 185 g/mol. The van der Waals surface area contributed by atoms with Crippen LogP contribution in [0.3, 0.4) is 0 Å². The minimum absolute atomic E-state index is 0.421. The van der Waals surface area contributed by atoms with Gasteiger partial charge in [-0.2, -0.15) is 5.26 Å². The Morgan fingerprint density at radius 1 is 1.50 bits per heavy atom. The van der Waals surface area contributed by atoms with Crippen molar-refractivity contribution in [3.63, 3.8) is 0 Å². The van der Waals surface area contributed by atoms with Crippen molar-refractivity contribution in [2.75, 3.05) is 0 Å². The van der Waals surface area contributed by atoms with Crippen LogP contribution in [0.2, 0.25) is 0 Å². The number of fused-ring (bicyclic) bond motifs is 1. The maximum atomic E-state index is 9.59. The molecule has 0 fully saturated rings. The Morgan fingerprint density at radius 2 is 2.29 bits per heavy atom. The van der Waals surface area contributed by atoms with Gasteiger partial charge in [0.2, 0.25) is 0 Å². The lowest BCUT2D eigenvalue weighted by Crippen LogP contribution is -2.16. The predicted octanol–water partition coefficient (Wildman–Crippen LogP) is 1.88. The minimum Gasteiger partial charge on any atom is -0.388 e. The first-order valence-corrected chi connectivity index (χ1v) is 4.62. The van der Waals surface area contributed by atoms with E-state index in [9.17, 15) is 5.11 Å². The number of benzene rings is 1. The van der Waals surface area contributed by atoms with Crippen LogP contribution in [0.1, 0.15) is 23.1 Å². The van der Waals surface area contributed by atoms with Gasteiger partial charge in [0.1, 0.15) is 0 Å². The topological polar surface area (TPSA) is 44.0 Å². The van der Waals surface area contributed by atoms with Crippen LogP contribution in [-0.2, 0) is 6.42 Å². The molecule has 1 aromatic carbocycles. The fourth-order valence-corrected chi connectivity index (χ4v) is 1.83. The Labute approximate surface area is 83.1 Å². The molecule has 1 aliphatic rings. The zero-order valence-electron chi connectivity index (χ0n) is 7.83. The molecule has 70 valence electrons. The summed E-state index contributed by atoms with van der Waals surface area (Å²) in [6.45, 7) is 3.86. The van der Waals surface area contributed by atoms with Crippen molar-refractivity contribution in [1.82, 2.24) is 0 Å². The van der Waals surface area contributed by atoms with E-state index in [4.69, 9.17) is 5.26 Å². The molecule has 0 aliphatic heterocycles. The second kappa shape index (κ2) is 3.28. The number of hydrogen-bond donors (Lipinski definition) is 1. The van der Waals surface area contributed by atoms with Gasteiger partial charge in [0.05, 0.1) is 17.7 Å². The third-order valence-electron chi connectivity index (χ3n) is 2.67. The first-order chi connectivity index (χ1) is 6.72. The fraction of sp³-hybridized carbons (Fsp3) is 0.250. The molecule has 2 rings (SSSR count). The largest absolute Gasteiger partial charge is 0.388 e. The Bertz CT molecular complexity index is 428. The van der Waals surface area contributed by atoms with E-state index in [0.717, 1.165) is 23.1 Å². The minimum atomic E-state index is -0.421. The highest BCUT2D eigenvalue weighted by Gasteiger charge is 2.20. The normalized spacial score (nSPS) is 20.0. The van der Waals surface area contributed by atoms with Gasteiger partial charge < -0.3 is 5.11 Å². The van der Waals surface area contributed by atoms with Crippen molar-refractivity contribution in [2.24, 2.45) is 0 Å². The van der Waals surface area contributed by atoms with Gasteiger partial charge in [0, 0.05) is 0 Å². The van der Waals surface area contributed by atoms with Gasteiger partial charge in [-0.25, -0.2) is 0 Å². The summed E-state index contributed by atoms with van der Waals surface area (Å²) in [5.41, 5.74) is 3.57. The van der Waals surface area contributed by atoms with Crippen LogP contribution in [0.5, 0.6) is 0 Å². The van der Waals surface area contributed by atoms with E-state index in [0.29, 0.717) is 12.0 Å². The molecule has 0 bridgehead atoms. The van der Waals surface area contributed by atoms with E-state index in [2.05, 4.69) is 12.6 Å². The van der Waals surface area contributed by atoms with Crippen LogP contribution in [0.25, 0.3) is 5.57 Å². The molecule has 1 aliphatic carbocycles. The van der Waals surface area contributed by atoms with E-state index < -0.39 is 6.10 Å². The van der Waals surface area contributed by atoms with Gasteiger partial charge in [-0.1, -0.05) is 12.6 Å². The molecule has 0 aromatic heterocycles. The lowest BCUT2D eigenvalue weighted by atomic mass is 9.85. The summed E-state index contributed by atoms with van der Waals surface area (Å²) in [4.78, 5) is 0. The number of aliphatic hydroxyl groups is 1. The molecule has 0 heterocycles. The zero-order valence-corrected chi connectivity index (χ0v) is 7.83. The van der Waals surface area contributed by atoms with Gasteiger partial charge in [0.15, 0.2) is 0 Å². The second-order valence-electron chi connectivity index (χ2n) is 3.56. The molecular formula is C12H11NO. The Balaban J connectivity index is 2.50. The Hall–Kier alpha value is -1.59. The van der Waals surface area contributed by atoms with Gasteiger partial charge in [-0.15, -0.1) is 0 Å². The zero-order chi connectivity index (χ0) is 10.1. The number of rotatable bonds is 0. The van der Waals surface area contributed by atoms with Crippen LogP contribution in [0, 0.1) is 11.3 Å². The third kappa shape index (κ3) is 1.32. The van der Waals surface area contributed by atoms with E-state index in [1.54, 1.807) is 6.07 Å². The van der Waals surface area contributed by atoms with Crippen molar-refractivity contribution in [1.29, 1.82) is 5.26 Å². The Morgan fingerprint density at radius 3 is 3.00 bits per heavy atom. The van der Waals surface area contributed by atoms with Crippen LogP contribution in [0.15, 0.2) is 24.8 Å². The van der Waals surface area contributed by atoms with Crippen molar-refractivity contribution >= 4 is 5.57 Å². The molecule has 1 unspecified atom stereocenters. The molecule has 1 aromatic rings. The van der Waals surface area contributed by atoms with Crippen LogP contribution < -0.4 is 0 Å². The highest BCUT2D eigenvalue weighted by molar-refractivity contribution is 5.71. The maximum absolute atomic E-state index is 9.59. The maximum Gasteiger partial charge on any atom is 0.0991 e. The number of aryl methyl sites for hydroxylation is 1. The summed E-state index contributed by atoms with van der Waals surface area (Å²) < 4.78 is 0. The predicted molar refractivity (Wildman–Crippen MR) is 54.5 cm³/mol. The lowest BCUT2D eigenvalue weighted by molar-refractivity contribution is 0.219. The SMILES string of the molecule is C=C1c2ccc(C#N)cc2CCC1O. The highest BCUT2D eigenvalue weighted by atomic mass is 16.3. The molecule has 0 radical (unpaired) electrons. The first kappa shape index (κ1) is 8.98. The number of nitriles is 1. The number of aliphatic hydroxyl groups excluding tert-OH is 1.